The molecule has 0 bridgehead atoms. The minimum Gasteiger partial charge on any atom is -0.748 e. The van der Waals surface area contributed by atoms with E-state index in [4.69, 9.17) is 4.74 Å². The lowest BCUT2D eigenvalue weighted by atomic mass is 10.3. The highest BCUT2D eigenvalue weighted by Crippen LogP contribution is 2.31. The molecule has 0 aliphatic heterocycles. The second-order valence-electron chi connectivity index (χ2n) is 5.87. The molecule has 140 valence electrons. The fraction of sp³-hybridized carbons (Fsp3) is 0.143. The van der Waals surface area contributed by atoms with Gasteiger partial charge in [-0.3, -0.25) is 0 Å². The Bertz CT molecular complexity index is 901. The molecule has 0 aliphatic rings. The van der Waals surface area contributed by atoms with Gasteiger partial charge in [0.2, 0.25) is 0 Å². The van der Waals surface area contributed by atoms with Crippen LogP contribution in [0.1, 0.15) is 6.42 Å². The smallest absolute Gasteiger partial charge is 0.166 e. The van der Waals surface area contributed by atoms with Crippen LogP contribution in [0.15, 0.2) is 99.6 Å². The van der Waals surface area contributed by atoms with Crippen LogP contribution in [-0.4, -0.2) is 25.3 Å². The molecule has 0 fully saturated rings. The van der Waals surface area contributed by atoms with Gasteiger partial charge in [0.05, 0.1) is 27.6 Å². The predicted molar refractivity (Wildman–Crippen MR) is 106 cm³/mol. The van der Waals surface area contributed by atoms with Gasteiger partial charge >= 0.3 is 0 Å². The molecule has 0 N–H and O–H groups in total. The summed E-state index contributed by atoms with van der Waals surface area (Å²) in [7, 11) is -4.40. The summed E-state index contributed by atoms with van der Waals surface area (Å²) in [6, 6.07) is 28.5. The lowest BCUT2D eigenvalue weighted by Crippen LogP contribution is -2.09. The van der Waals surface area contributed by atoms with E-state index in [0.717, 1.165) is 0 Å². The zero-order valence-corrected chi connectivity index (χ0v) is 16.3. The Hall–Kier alpha value is -2.28. The predicted octanol–water partition coefficient (Wildman–Crippen LogP) is 4.10. The fourth-order valence-corrected chi connectivity index (χ4v) is 5.17. The van der Waals surface area contributed by atoms with Crippen LogP contribution in [0.3, 0.4) is 0 Å². The number of hydrogen-bond acceptors (Lipinski definition) is 4. The summed E-state index contributed by atoms with van der Waals surface area (Å²) in [5.41, 5.74) is 0. The third-order valence-corrected chi connectivity index (χ3v) is 6.84. The zero-order chi connectivity index (χ0) is 19.1. The zero-order valence-electron chi connectivity index (χ0n) is 14.7. The van der Waals surface area contributed by atoms with Crippen LogP contribution in [0.2, 0.25) is 0 Å². The van der Waals surface area contributed by atoms with Crippen LogP contribution in [0.5, 0.6) is 5.75 Å². The van der Waals surface area contributed by atoms with Crippen LogP contribution in [0.25, 0.3) is 0 Å². The van der Waals surface area contributed by atoms with E-state index in [0.29, 0.717) is 5.75 Å². The molecule has 3 aromatic rings. The molecule has 0 radical (unpaired) electrons. The fourth-order valence-electron chi connectivity index (χ4n) is 2.62. The Labute approximate surface area is 162 Å². The quantitative estimate of drug-likeness (QED) is 0.324. The van der Waals surface area contributed by atoms with Gasteiger partial charge in [0, 0.05) is 5.75 Å². The summed E-state index contributed by atoms with van der Waals surface area (Å²) in [6.45, 7) is 0.198. The molecular formula is C21H20O4S2. The van der Waals surface area contributed by atoms with Gasteiger partial charge in [-0.15, -0.1) is 0 Å². The minimum absolute atomic E-state index is 0.186. The van der Waals surface area contributed by atoms with Crippen LogP contribution in [-0.2, 0) is 21.0 Å². The van der Waals surface area contributed by atoms with Gasteiger partial charge in [0.25, 0.3) is 0 Å². The Kier molecular flexibility index (Phi) is 6.55. The average molecular weight is 401 g/mol. The van der Waals surface area contributed by atoms with Crippen LogP contribution in [0, 0.1) is 0 Å². The molecule has 0 amide bonds. The van der Waals surface area contributed by atoms with Crippen molar-refractivity contribution >= 4 is 21.0 Å². The van der Waals surface area contributed by atoms with Crippen molar-refractivity contribution in [2.45, 2.75) is 21.1 Å². The number of hydrogen-bond donors (Lipinski definition) is 0. The normalized spacial score (nSPS) is 11.5. The molecule has 0 spiro atoms. The van der Waals surface area contributed by atoms with Gasteiger partial charge in [-0.05, 0) is 55.0 Å². The Morgan fingerprint density at radius 1 is 0.741 bits per heavy atom. The molecule has 3 rings (SSSR count). The summed E-state index contributed by atoms with van der Waals surface area (Å²) in [5, 5.41) is 0. The summed E-state index contributed by atoms with van der Waals surface area (Å²) in [6.07, 6.45) is 0.186. The van der Waals surface area contributed by atoms with Gasteiger partial charge in [-0.25, -0.2) is 8.42 Å². The van der Waals surface area contributed by atoms with E-state index >= 15 is 0 Å². The molecule has 4 nitrogen and oxygen atoms in total. The number of rotatable bonds is 8. The lowest BCUT2D eigenvalue weighted by Gasteiger charge is -2.10. The summed E-state index contributed by atoms with van der Waals surface area (Å²) >= 11 is 0. The highest BCUT2D eigenvalue weighted by molar-refractivity contribution is 7.97. The third kappa shape index (κ3) is 5.85. The van der Waals surface area contributed by atoms with Gasteiger partial charge in [0.15, 0.2) is 14.7 Å². The van der Waals surface area contributed by atoms with E-state index in [9.17, 15) is 13.0 Å². The van der Waals surface area contributed by atoms with E-state index < -0.39 is 15.9 Å². The second kappa shape index (κ2) is 9.08. The molecule has 0 unspecified atom stereocenters. The standard InChI is InChI=1S/C21H20O4S2/c22-27(23,24)17-7-16-25-18-12-14-21(15-13-18)26(19-8-3-1-4-9-19)20-10-5-2-6-11-20/h1-6,8-15H,7,16-17H2. The van der Waals surface area contributed by atoms with Crippen LogP contribution >= 0.6 is 0 Å². The molecule has 6 heteroatoms. The summed E-state index contributed by atoms with van der Waals surface area (Å²) < 4.78 is 37.4. The van der Waals surface area contributed by atoms with E-state index in [1.807, 2.05) is 60.7 Å². The van der Waals surface area contributed by atoms with E-state index in [2.05, 4.69) is 24.3 Å². The molecule has 0 aromatic heterocycles. The first-order valence-corrected chi connectivity index (χ1v) is 11.3. The third-order valence-electron chi connectivity index (χ3n) is 3.82. The molecule has 27 heavy (non-hydrogen) atoms. The second-order valence-corrected chi connectivity index (χ2v) is 9.42. The van der Waals surface area contributed by atoms with Crippen LogP contribution < -0.4 is 4.74 Å². The van der Waals surface area contributed by atoms with Crippen molar-refractivity contribution in [3.8, 4) is 5.75 Å². The monoisotopic (exact) mass is 400 g/mol. The van der Waals surface area contributed by atoms with Crippen molar-refractivity contribution in [3.63, 3.8) is 0 Å². The van der Waals surface area contributed by atoms with Gasteiger partial charge < -0.3 is 9.29 Å². The first kappa shape index (κ1) is 19.5. The van der Waals surface area contributed by atoms with Crippen molar-refractivity contribution in [2.75, 3.05) is 12.4 Å². The van der Waals surface area contributed by atoms with E-state index in [1.165, 1.54) is 14.7 Å². The van der Waals surface area contributed by atoms with Crippen molar-refractivity contribution < 1.29 is 17.7 Å². The molecule has 3 aromatic carbocycles. The lowest BCUT2D eigenvalue weighted by molar-refractivity contribution is 0.315. The van der Waals surface area contributed by atoms with Gasteiger partial charge in [-0.2, -0.15) is 0 Å². The number of ether oxygens (including phenoxy) is 1. The molecular weight excluding hydrogens is 380 g/mol. The summed E-state index contributed by atoms with van der Waals surface area (Å²) in [4.78, 5) is 3.64. The Morgan fingerprint density at radius 2 is 1.22 bits per heavy atom. The van der Waals surface area contributed by atoms with E-state index in [1.54, 1.807) is 0 Å². The average Bonchev–Trinajstić information content (AvgIpc) is 2.68. The number of benzene rings is 3. The maximum atomic E-state index is 10.6. The van der Waals surface area contributed by atoms with Crippen LogP contribution in [0.4, 0.5) is 0 Å². The van der Waals surface area contributed by atoms with E-state index in [-0.39, 0.29) is 23.9 Å². The molecule has 0 saturated carbocycles. The summed E-state index contributed by atoms with van der Waals surface area (Å²) in [5.74, 6) is 0.253. The van der Waals surface area contributed by atoms with Crippen molar-refractivity contribution in [1.82, 2.24) is 0 Å². The van der Waals surface area contributed by atoms with Crippen molar-refractivity contribution in [3.05, 3.63) is 84.9 Å². The van der Waals surface area contributed by atoms with Gasteiger partial charge in [0.1, 0.15) is 5.75 Å². The molecule has 0 aliphatic carbocycles. The first-order valence-electron chi connectivity index (χ1n) is 8.54. The highest BCUT2D eigenvalue weighted by Gasteiger charge is 2.28. The maximum Gasteiger partial charge on any atom is 0.166 e. The molecule has 0 atom stereocenters. The maximum absolute atomic E-state index is 10.6. The SMILES string of the molecule is O=S(=O)([O-])CCCOc1ccc([S+](c2ccccc2)c2ccccc2)cc1. The minimum atomic E-state index is -4.19. The topological polar surface area (TPSA) is 66.4 Å². The highest BCUT2D eigenvalue weighted by atomic mass is 32.2. The largest absolute Gasteiger partial charge is 0.748 e. The molecule has 0 saturated heterocycles. The Balaban J connectivity index is 1.76. The Morgan fingerprint density at radius 3 is 1.70 bits per heavy atom. The van der Waals surface area contributed by atoms with Crippen molar-refractivity contribution in [1.29, 1.82) is 0 Å². The molecule has 0 heterocycles. The van der Waals surface area contributed by atoms with Crippen molar-refractivity contribution in [2.24, 2.45) is 0 Å². The first-order chi connectivity index (χ1) is 13.0. The van der Waals surface area contributed by atoms with Gasteiger partial charge in [-0.1, -0.05) is 36.4 Å².